The summed E-state index contributed by atoms with van der Waals surface area (Å²) >= 11 is 0. The molecule has 0 spiro atoms. The summed E-state index contributed by atoms with van der Waals surface area (Å²) in [4.78, 5) is 41.6. The number of para-hydroxylation sites is 1. The fourth-order valence-electron chi connectivity index (χ4n) is 1.40. The number of benzene rings is 1. The third-order valence-electron chi connectivity index (χ3n) is 2.57. The zero-order valence-electron chi connectivity index (χ0n) is 12.3. The number of carboxylic acid groups (broad SMARTS) is 2. The van der Waals surface area contributed by atoms with Crippen LogP contribution in [0.4, 0.5) is 5.69 Å². The van der Waals surface area contributed by atoms with Gasteiger partial charge >= 0.3 is 11.9 Å². The minimum atomic E-state index is -1.04. The Hall–Kier alpha value is -2.94. The molecule has 0 aliphatic rings. The molecule has 1 aromatic rings. The average Bonchev–Trinajstić information content (AvgIpc) is 2.51. The number of nitrogens with two attached hydrogens (primary N) is 2. The predicted octanol–water partition coefficient (Wildman–Crippen LogP) is 0.157. The van der Waals surface area contributed by atoms with E-state index in [-0.39, 0.29) is 37.4 Å². The first-order valence-corrected chi connectivity index (χ1v) is 6.58. The van der Waals surface area contributed by atoms with Gasteiger partial charge in [-0.3, -0.25) is 24.6 Å². The van der Waals surface area contributed by atoms with Gasteiger partial charge < -0.3 is 15.9 Å². The number of carbonyl (C=O) groups is 4. The van der Waals surface area contributed by atoms with Crippen molar-refractivity contribution in [3.63, 3.8) is 0 Å². The number of rotatable bonds is 7. The first-order valence-electron chi connectivity index (χ1n) is 6.58. The van der Waals surface area contributed by atoms with Crippen LogP contribution in [0, 0.1) is 0 Å². The summed E-state index contributed by atoms with van der Waals surface area (Å²) in [6, 6.07) is 6.73. The largest absolute Gasteiger partial charge is 0.481 e. The summed E-state index contributed by atoms with van der Waals surface area (Å²) < 4.78 is 0. The van der Waals surface area contributed by atoms with Crippen LogP contribution >= 0.6 is 0 Å². The highest BCUT2D eigenvalue weighted by Gasteiger charge is 2.07. The number of hydrogen-bond acceptors (Lipinski definition) is 6. The first kappa shape index (κ1) is 20.1. The Morgan fingerprint density at radius 2 is 1.39 bits per heavy atom. The van der Waals surface area contributed by atoms with E-state index in [1.165, 1.54) is 0 Å². The summed E-state index contributed by atoms with van der Waals surface area (Å²) in [6.07, 6.45) is -0.609. The van der Waals surface area contributed by atoms with Crippen LogP contribution in [0.15, 0.2) is 24.3 Å². The Morgan fingerprint density at radius 1 is 0.913 bits per heavy atom. The summed E-state index contributed by atoms with van der Waals surface area (Å²) in [5, 5.41) is 16.3. The number of carboxylic acids is 2. The molecule has 1 rings (SSSR count). The van der Waals surface area contributed by atoms with Gasteiger partial charge in [0.05, 0.1) is 18.4 Å². The van der Waals surface area contributed by atoms with Crippen LogP contribution in [0.2, 0.25) is 0 Å². The highest BCUT2D eigenvalue weighted by molar-refractivity contribution is 5.98. The standard InChI is InChI=1S/C7H9N3O.C7H10O5/c8-6-4-2-1-3-5(6)7(11)10-9;8-5(1-3-6(9)10)2-4-7(11)12/h1-4H,8-9H2,(H,10,11);1-4H2,(H,9,10)(H,11,12). The topological polar surface area (TPSA) is 173 Å². The SMILES string of the molecule is NNC(=O)c1ccccc1N.O=C(O)CCC(=O)CCC(=O)O. The van der Waals surface area contributed by atoms with Crippen molar-refractivity contribution in [3.05, 3.63) is 29.8 Å². The number of amides is 1. The van der Waals surface area contributed by atoms with Crippen LogP contribution in [0.25, 0.3) is 0 Å². The fourth-order valence-corrected chi connectivity index (χ4v) is 1.40. The second kappa shape index (κ2) is 10.7. The number of ketones is 1. The smallest absolute Gasteiger partial charge is 0.303 e. The number of hydrazine groups is 1. The van der Waals surface area contributed by atoms with Crippen LogP contribution in [-0.4, -0.2) is 33.8 Å². The molecule has 126 valence electrons. The molecule has 0 saturated heterocycles. The van der Waals surface area contributed by atoms with E-state index in [1.54, 1.807) is 24.3 Å². The van der Waals surface area contributed by atoms with Crippen LogP contribution in [-0.2, 0) is 14.4 Å². The van der Waals surface area contributed by atoms with E-state index in [0.717, 1.165) is 0 Å². The first-order chi connectivity index (χ1) is 10.8. The van der Waals surface area contributed by atoms with Crippen molar-refractivity contribution in [3.8, 4) is 0 Å². The van der Waals surface area contributed by atoms with Gasteiger partial charge in [-0.25, -0.2) is 5.84 Å². The highest BCUT2D eigenvalue weighted by atomic mass is 16.4. The molecule has 1 aromatic carbocycles. The zero-order chi connectivity index (χ0) is 17.8. The van der Waals surface area contributed by atoms with E-state index in [2.05, 4.69) is 0 Å². The van der Waals surface area contributed by atoms with Gasteiger partial charge in [-0.1, -0.05) is 12.1 Å². The monoisotopic (exact) mass is 325 g/mol. The molecule has 0 aliphatic heterocycles. The van der Waals surface area contributed by atoms with Crippen LogP contribution < -0.4 is 17.0 Å². The lowest BCUT2D eigenvalue weighted by Crippen LogP contribution is -2.30. The highest BCUT2D eigenvalue weighted by Crippen LogP contribution is 2.08. The summed E-state index contributed by atoms with van der Waals surface area (Å²) in [5.74, 6) is 2.14. The Bertz CT molecular complexity index is 553. The summed E-state index contributed by atoms with van der Waals surface area (Å²) in [6.45, 7) is 0. The molecule has 0 aliphatic carbocycles. The molecule has 0 radical (unpaired) electrons. The number of aliphatic carboxylic acids is 2. The molecular formula is C14H19N3O6. The van der Waals surface area contributed by atoms with E-state index in [9.17, 15) is 19.2 Å². The van der Waals surface area contributed by atoms with Crippen LogP contribution in [0.5, 0.6) is 0 Å². The van der Waals surface area contributed by atoms with Crippen LogP contribution in [0.1, 0.15) is 36.0 Å². The van der Waals surface area contributed by atoms with E-state index in [0.29, 0.717) is 11.3 Å². The maximum atomic E-state index is 10.9. The molecule has 0 fully saturated rings. The lowest BCUT2D eigenvalue weighted by atomic mass is 10.1. The number of hydrogen-bond donors (Lipinski definition) is 5. The number of anilines is 1. The maximum Gasteiger partial charge on any atom is 0.303 e. The van der Waals surface area contributed by atoms with Gasteiger partial charge in [0.25, 0.3) is 5.91 Å². The van der Waals surface area contributed by atoms with Gasteiger partial charge in [-0.05, 0) is 12.1 Å². The molecule has 0 saturated carbocycles. The van der Waals surface area contributed by atoms with Crippen molar-refractivity contribution in [1.82, 2.24) is 5.43 Å². The van der Waals surface area contributed by atoms with E-state index >= 15 is 0 Å². The average molecular weight is 325 g/mol. The molecule has 9 nitrogen and oxygen atoms in total. The minimum absolute atomic E-state index is 0.0807. The van der Waals surface area contributed by atoms with Crippen molar-refractivity contribution in [1.29, 1.82) is 0 Å². The molecule has 0 atom stereocenters. The number of carbonyl (C=O) groups excluding carboxylic acids is 2. The van der Waals surface area contributed by atoms with Gasteiger partial charge in [0.2, 0.25) is 0 Å². The minimum Gasteiger partial charge on any atom is -0.481 e. The second-order valence-corrected chi connectivity index (χ2v) is 4.39. The Morgan fingerprint density at radius 3 is 1.78 bits per heavy atom. The number of nitrogens with one attached hydrogen (secondary N) is 1. The second-order valence-electron chi connectivity index (χ2n) is 4.39. The van der Waals surface area contributed by atoms with Crippen molar-refractivity contribution in [2.75, 3.05) is 5.73 Å². The molecule has 1 amide bonds. The van der Waals surface area contributed by atoms with E-state index in [1.807, 2.05) is 5.43 Å². The van der Waals surface area contributed by atoms with E-state index < -0.39 is 11.9 Å². The third-order valence-corrected chi connectivity index (χ3v) is 2.57. The number of nitrogen functional groups attached to an aromatic ring is 2. The fraction of sp³-hybridized carbons (Fsp3) is 0.286. The molecule has 0 bridgehead atoms. The Kier molecular flexibility index (Phi) is 9.37. The lowest BCUT2D eigenvalue weighted by Gasteiger charge is -2.01. The van der Waals surface area contributed by atoms with Gasteiger partial charge in [-0.15, -0.1) is 0 Å². The van der Waals surface area contributed by atoms with Gasteiger partial charge in [0.15, 0.2) is 0 Å². The zero-order valence-corrected chi connectivity index (χ0v) is 12.3. The Labute approximate surface area is 132 Å². The van der Waals surface area contributed by atoms with Crippen LogP contribution in [0.3, 0.4) is 0 Å². The summed E-state index contributed by atoms with van der Waals surface area (Å²) in [5.41, 5.74) is 8.31. The van der Waals surface area contributed by atoms with Gasteiger partial charge in [-0.2, -0.15) is 0 Å². The molecule has 0 aromatic heterocycles. The predicted molar refractivity (Wildman–Crippen MR) is 81.3 cm³/mol. The van der Waals surface area contributed by atoms with Crippen molar-refractivity contribution < 1.29 is 29.4 Å². The van der Waals surface area contributed by atoms with Gasteiger partial charge in [0, 0.05) is 18.5 Å². The molecule has 0 heterocycles. The molecule has 0 unspecified atom stereocenters. The quantitative estimate of drug-likeness (QED) is 0.204. The molecule has 7 N–H and O–H groups in total. The van der Waals surface area contributed by atoms with Gasteiger partial charge in [0.1, 0.15) is 5.78 Å². The Balaban J connectivity index is 0.000000422. The normalized spacial score (nSPS) is 9.26. The maximum absolute atomic E-state index is 10.9. The van der Waals surface area contributed by atoms with Crippen molar-refractivity contribution in [2.24, 2.45) is 5.84 Å². The summed E-state index contributed by atoms with van der Waals surface area (Å²) in [7, 11) is 0. The number of Topliss-reactive ketones (excluding diaryl/α,β-unsaturated/α-hetero) is 1. The molecule has 23 heavy (non-hydrogen) atoms. The lowest BCUT2D eigenvalue weighted by molar-refractivity contribution is -0.139. The molecular weight excluding hydrogens is 306 g/mol. The van der Waals surface area contributed by atoms with Crippen molar-refractivity contribution >= 4 is 29.3 Å². The molecule has 9 heteroatoms. The third kappa shape index (κ3) is 9.58. The van der Waals surface area contributed by atoms with Crippen molar-refractivity contribution in [2.45, 2.75) is 25.7 Å². The van der Waals surface area contributed by atoms with E-state index in [4.69, 9.17) is 21.8 Å².